The fourth-order valence-corrected chi connectivity index (χ4v) is 6.34. The van der Waals surface area contributed by atoms with Gasteiger partial charge in [-0.1, -0.05) is 105 Å². The summed E-state index contributed by atoms with van der Waals surface area (Å²) in [5, 5.41) is 0.216. The Morgan fingerprint density at radius 2 is 0.441 bits per heavy atom. The second-order valence-electron chi connectivity index (χ2n) is 16.2. The number of rotatable bonds is 51. The molecule has 14 heteroatoms. The van der Waals surface area contributed by atoms with Gasteiger partial charge in [0, 0.05) is 6.61 Å². The molecule has 0 aliphatic heterocycles. The molecule has 356 valence electrons. The molecule has 0 fully saturated rings. The highest BCUT2D eigenvalue weighted by Crippen LogP contribution is 2.36. The predicted molar refractivity (Wildman–Crippen MR) is 239 cm³/mol. The minimum Gasteiger partial charge on any atom is -0.414 e. The van der Waals surface area contributed by atoms with Gasteiger partial charge in [-0.25, -0.2) is 0 Å². The Balaban J connectivity index is 3.10. The largest absolute Gasteiger partial charge is 0.414 e. The third-order valence-corrected chi connectivity index (χ3v) is 14.5. The number of ether oxygens (including phenoxy) is 12. The molecule has 0 spiro atoms. The topological polar surface area (TPSA) is 120 Å². The number of hydrogen-bond donors (Lipinski definition) is 0. The van der Waals surface area contributed by atoms with Gasteiger partial charge in [-0.3, -0.25) is 0 Å². The van der Waals surface area contributed by atoms with Crippen LogP contribution in [0.3, 0.4) is 0 Å². The van der Waals surface area contributed by atoms with E-state index in [9.17, 15) is 0 Å². The van der Waals surface area contributed by atoms with Crippen molar-refractivity contribution in [2.45, 2.75) is 129 Å². The summed E-state index contributed by atoms with van der Waals surface area (Å²) in [6.45, 7) is 27.4. The summed E-state index contributed by atoms with van der Waals surface area (Å²) in [5.74, 6) is 0. The minimum absolute atomic E-state index is 0.216. The van der Waals surface area contributed by atoms with Crippen LogP contribution in [0.25, 0.3) is 0 Å². The Bertz CT molecular complexity index is 791. The van der Waals surface area contributed by atoms with Crippen molar-refractivity contribution in [2.24, 2.45) is 0 Å². The van der Waals surface area contributed by atoms with Gasteiger partial charge in [0.15, 0.2) is 8.32 Å². The molecule has 0 N–H and O–H groups in total. The first kappa shape index (κ1) is 58.7. The Kier molecular flexibility index (Phi) is 46.9. The third-order valence-electron chi connectivity index (χ3n) is 9.98. The van der Waals surface area contributed by atoms with Crippen LogP contribution in [0.1, 0.15) is 111 Å². The normalized spacial score (nSPS) is 12.3. The summed E-state index contributed by atoms with van der Waals surface area (Å²) >= 11 is 0. The van der Waals surface area contributed by atoms with Gasteiger partial charge in [0.1, 0.15) is 0 Å². The van der Waals surface area contributed by atoms with E-state index in [0.29, 0.717) is 159 Å². The molecule has 0 atom stereocenters. The van der Waals surface area contributed by atoms with Gasteiger partial charge in [-0.15, -0.1) is 0 Å². The van der Waals surface area contributed by atoms with Gasteiger partial charge < -0.3 is 61.3 Å². The molecule has 0 unspecified atom stereocenters. The summed E-state index contributed by atoms with van der Waals surface area (Å²) in [6.07, 6.45) is 17.8. The van der Waals surface area contributed by atoms with Crippen molar-refractivity contribution >= 4 is 8.32 Å². The van der Waals surface area contributed by atoms with E-state index in [4.69, 9.17) is 61.3 Å². The lowest BCUT2D eigenvalue weighted by atomic mass is 10.0. The molecular formula is C45H94O13Si. The molecule has 0 saturated carbocycles. The molecule has 59 heavy (non-hydrogen) atoms. The Morgan fingerprint density at radius 3 is 0.661 bits per heavy atom. The zero-order chi connectivity index (χ0) is 43.1. The summed E-state index contributed by atoms with van der Waals surface area (Å²) < 4.78 is 72.7. The molecule has 0 saturated heterocycles. The molecule has 0 aliphatic carbocycles. The molecule has 0 radical (unpaired) electrons. The van der Waals surface area contributed by atoms with E-state index >= 15 is 0 Å². The zero-order valence-corrected chi connectivity index (χ0v) is 40.2. The Hall–Kier alpha value is -0.303. The van der Waals surface area contributed by atoms with E-state index in [1.165, 1.54) is 77.0 Å². The second kappa shape index (κ2) is 47.2. The van der Waals surface area contributed by atoms with Gasteiger partial charge in [0.05, 0.1) is 159 Å². The SMILES string of the molecule is CCCCCCCCCCCCCCCOCCOCCOCCOCCOCCOCCOCCOCCOCCOCCOCCOCCO[Si](C)(C)C(C)(C)C. The van der Waals surface area contributed by atoms with E-state index in [1.807, 2.05) is 0 Å². The van der Waals surface area contributed by atoms with Crippen LogP contribution in [0.5, 0.6) is 0 Å². The first-order valence-electron chi connectivity index (χ1n) is 23.4. The number of unbranched alkanes of at least 4 members (excludes halogenated alkanes) is 12. The van der Waals surface area contributed by atoms with Crippen LogP contribution in [-0.2, 0) is 61.3 Å². The lowest BCUT2D eigenvalue weighted by Gasteiger charge is -2.36. The predicted octanol–water partition coefficient (Wildman–Crippen LogP) is 8.30. The molecular weight excluding hydrogens is 777 g/mol. The van der Waals surface area contributed by atoms with Gasteiger partial charge in [0.25, 0.3) is 0 Å². The summed E-state index contributed by atoms with van der Waals surface area (Å²) in [5.41, 5.74) is 0. The van der Waals surface area contributed by atoms with Crippen LogP contribution in [0.15, 0.2) is 0 Å². The first-order valence-corrected chi connectivity index (χ1v) is 26.3. The van der Waals surface area contributed by atoms with Crippen molar-refractivity contribution in [3.05, 3.63) is 0 Å². The molecule has 0 heterocycles. The van der Waals surface area contributed by atoms with Crippen molar-refractivity contribution in [1.29, 1.82) is 0 Å². The van der Waals surface area contributed by atoms with Crippen molar-refractivity contribution in [3.63, 3.8) is 0 Å². The maximum Gasteiger partial charge on any atom is 0.192 e. The lowest BCUT2D eigenvalue weighted by Crippen LogP contribution is -2.41. The second-order valence-corrected chi connectivity index (χ2v) is 21.0. The number of hydrogen-bond acceptors (Lipinski definition) is 13. The van der Waals surface area contributed by atoms with Crippen LogP contribution in [-0.4, -0.2) is 173 Å². The van der Waals surface area contributed by atoms with E-state index in [2.05, 4.69) is 40.8 Å². The molecule has 0 aromatic carbocycles. The van der Waals surface area contributed by atoms with Crippen LogP contribution in [0.2, 0.25) is 18.1 Å². The maximum absolute atomic E-state index is 6.09. The highest BCUT2D eigenvalue weighted by Gasteiger charge is 2.36. The lowest BCUT2D eigenvalue weighted by molar-refractivity contribution is -0.0285. The average Bonchev–Trinajstić information content (AvgIpc) is 3.21. The quantitative estimate of drug-likeness (QED) is 0.0431. The van der Waals surface area contributed by atoms with Crippen LogP contribution in [0.4, 0.5) is 0 Å². The zero-order valence-electron chi connectivity index (χ0n) is 39.2. The van der Waals surface area contributed by atoms with Gasteiger partial charge in [0.2, 0.25) is 0 Å². The van der Waals surface area contributed by atoms with Crippen molar-refractivity contribution < 1.29 is 61.3 Å². The van der Waals surface area contributed by atoms with E-state index in [0.717, 1.165) is 13.0 Å². The van der Waals surface area contributed by atoms with Crippen molar-refractivity contribution in [2.75, 3.05) is 165 Å². The third kappa shape index (κ3) is 47.0. The molecule has 0 bridgehead atoms. The summed E-state index contributed by atoms with van der Waals surface area (Å²) in [7, 11) is -1.70. The van der Waals surface area contributed by atoms with Crippen LogP contribution < -0.4 is 0 Å². The maximum atomic E-state index is 6.09. The highest BCUT2D eigenvalue weighted by atomic mass is 28.4. The average molecular weight is 871 g/mol. The van der Waals surface area contributed by atoms with Gasteiger partial charge in [-0.2, -0.15) is 0 Å². The van der Waals surface area contributed by atoms with Crippen LogP contribution in [0, 0.1) is 0 Å². The van der Waals surface area contributed by atoms with E-state index < -0.39 is 8.32 Å². The first-order chi connectivity index (χ1) is 28.8. The molecule has 0 aromatic heterocycles. The summed E-state index contributed by atoms with van der Waals surface area (Å²) in [4.78, 5) is 0. The molecule has 0 amide bonds. The standard InChI is InChI=1S/C45H94O13Si/c1-7-8-9-10-11-12-13-14-15-16-17-18-19-20-46-21-22-47-23-24-48-25-26-49-27-28-50-29-30-51-31-32-52-33-34-53-35-36-54-37-38-55-39-40-56-41-42-57-43-44-58-59(5,6)45(2,3)4/h7-44H2,1-6H3. The highest BCUT2D eigenvalue weighted by molar-refractivity contribution is 6.74. The summed E-state index contributed by atoms with van der Waals surface area (Å²) in [6, 6.07) is 0. The monoisotopic (exact) mass is 871 g/mol. The van der Waals surface area contributed by atoms with E-state index in [-0.39, 0.29) is 5.04 Å². The smallest absolute Gasteiger partial charge is 0.192 e. The van der Waals surface area contributed by atoms with Crippen molar-refractivity contribution in [1.82, 2.24) is 0 Å². The van der Waals surface area contributed by atoms with E-state index in [1.54, 1.807) is 0 Å². The van der Waals surface area contributed by atoms with Crippen molar-refractivity contribution in [3.8, 4) is 0 Å². The molecule has 0 aliphatic rings. The van der Waals surface area contributed by atoms with Gasteiger partial charge >= 0.3 is 0 Å². The van der Waals surface area contributed by atoms with Gasteiger partial charge in [-0.05, 0) is 24.6 Å². The van der Waals surface area contributed by atoms with Crippen LogP contribution >= 0.6 is 0 Å². The fourth-order valence-electron chi connectivity index (χ4n) is 5.32. The Morgan fingerprint density at radius 1 is 0.254 bits per heavy atom. The molecule has 0 rings (SSSR count). The minimum atomic E-state index is -1.70. The Labute approximate surface area is 363 Å². The molecule has 0 aromatic rings. The fraction of sp³-hybridized carbons (Fsp3) is 1.00. The molecule has 13 nitrogen and oxygen atoms in total.